The van der Waals surface area contributed by atoms with Crippen LogP contribution in [0, 0.1) is 23.2 Å². The quantitative estimate of drug-likeness (QED) is 0.0603. The largest absolute Gasteiger partial charge is 0.463 e. The standard InChI is InChI=1S/C17H23N3O4.C14H19N3O3.C3H4O/c1-17(2,16(23)24-9-8-21)10-15(13-6-4-3-5-7-13)20-11-14(12-22)18-19-20;1-14(2,13(19)20-9-8-18)10-12(16-17-15)11-6-4-3-5-7-11;1-2-3-4/h3-7,11,15,21-22H,8-10,12H2,1-2H3;3-7,12,18H,8-10H2,1-2H3;1,4H,3H2. The fraction of sp³-hybridized carbons (Fsp3) is 0.471. The molecule has 14 nitrogen and oxygen atoms in total. The molecule has 0 aliphatic carbocycles. The molecule has 2 atom stereocenters. The van der Waals surface area contributed by atoms with E-state index < -0.39 is 22.8 Å². The van der Waals surface area contributed by atoms with Crippen molar-refractivity contribution in [1.29, 1.82) is 0 Å². The van der Waals surface area contributed by atoms with Crippen molar-refractivity contribution in [1.82, 2.24) is 15.0 Å². The number of hydrogen-bond acceptors (Lipinski definition) is 11. The van der Waals surface area contributed by atoms with E-state index in [-0.39, 0.29) is 51.7 Å². The second-order valence-corrected chi connectivity index (χ2v) is 11.7. The molecule has 48 heavy (non-hydrogen) atoms. The molecule has 0 radical (unpaired) electrons. The van der Waals surface area contributed by atoms with E-state index in [1.807, 2.05) is 66.6 Å². The molecule has 0 aliphatic heterocycles. The third-order valence-corrected chi connectivity index (χ3v) is 6.85. The first-order valence-corrected chi connectivity index (χ1v) is 15.2. The van der Waals surface area contributed by atoms with Crippen LogP contribution < -0.4 is 0 Å². The highest BCUT2D eigenvalue weighted by Gasteiger charge is 2.35. The van der Waals surface area contributed by atoms with Gasteiger partial charge in [-0.05, 0) is 57.2 Å². The van der Waals surface area contributed by atoms with E-state index in [2.05, 4.69) is 26.8 Å². The molecular formula is C34H46N6O8. The summed E-state index contributed by atoms with van der Waals surface area (Å²) in [7, 11) is 0. The van der Waals surface area contributed by atoms with Gasteiger partial charge in [-0.1, -0.05) is 76.9 Å². The highest BCUT2D eigenvalue weighted by Crippen LogP contribution is 2.35. The highest BCUT2D eigenvalue weighted by molar-refractivity contribution is 5.76. The van der Waals surface area contributed by atoms with E-state index in [1.165, 1.54) is 0 Å². The number of esters is 2. The lowest BCUT2D eigenvalue weighted by molar-refractivity contribution is -0.156. The molecule has 260 valence electrons. The Balaban J connectivity index is 0.000000438. The number of carbonyl (C=O) groups is 2. The Morgan fingerprint density at radius 2 is 1.38 bits per heavy atom. The van der Waals surface area contributed by atoms with Crippen LogP contribution in [0.3, 0.4) is 0 Å². The third-order valence-electron chi connectivity index (χ3n) is 6.85. The summed E-state index contributed by atoms with van der Waals surface area (Å²) < 4.78 is 11.7. The minimum Gasteiger partial charge on any atom is -0.463 e. The van der Waals surface area contributed by atoms with Crippen molar-refractivity contribution in [2.45, 2.75) is 59.2 Å². The molecule has 2 aromatic carbocycles. The summed E-state index contributed by atoms with van der Waals surface area (Å²) in [6.45, 7) is 6.26. The maximum absolute atomic E-state index is 12.3. The number of hydrogen-bond donors (Lipinski definition) is 4. The average Bonchev–Trinajstić information content (AvgIpc) is 3.58. The number of benzene rings is 2. The Labute approximate surface area is 281 Å². The molecule has 0 saturated heterocycles. The average molecular weight is 667 g/mol. The van der Waals surface area contributed by atoms with E-state index in [4.69, 9.17) is 30.3 Å². The zero-order valence-electron chi connectivity index (χ0n) is 27.8. The molecule has 0 spiro atoms. The Bertz CT molecular complexity index is 1450. The van der Waals surface area contributed by atoms with Gasteiger partial charge in [-0.2, -0.15) is 0 Å². The third kappa shape index (κ3) is 14.3. The summed E-state index contributed by atoms with van der Waals surface area (Å²) >= 11 is 0. The second-order valence-electron chi connectivity index (χ2n) is 11.7. The van der Waals surface area contributed by atoms with Crippen molar-refractivity contribution in [2.75, 3.05) is 33.0 Å². The van der Waals surface area contributed by atoms with Gasteiger partial charge in [-0.3, -0.25) is 9.59 Å². The summed E-state index contributed by atoms with van der Waals surface area (Å²) in [5.41, 5.74) is 9.41. The fourth-order valence-corrected chi connectivity index (χ4v) is 4.34. The lowest BCUT2D eigenvalue weighted by Gasteiger charge is -2.28. The van der Waals surface area contributed by atoms with Crippen molar-refractivity contribution >= 4 is 11.9 Å². The zero-order valence-corrected chi connectivity index (χ0v) is 27.8. The highest BCUT2D eigenvalue weighted by atomic mass is 16.5. The Morgan fingerprint density at radius 1 is 0.896 bits per heavy atom. The van der Waals surface area contributed by atoms with Crippen molar-refractivity contribution in [3.05, 3.63) is 94.1 Å². The van der Waals surface area contributed by atoms with Gasteiger partial charge in [-0.25, -0.2) is 4.68 Å². The first-order valence-electron chi connectivity index (χ1n) is 15.2. The van der Waals surface area contributed by atoms with Crippen LogP contribution in [-0.2, 0) is 25.7 Å². The lowest BCUT2D eigenvalue weighted by Crippen LogP contribution is -2.31. The van der Waals surface area contributed by atoms with Crippen molar-refractivity contribution in [3.63, 3.8) is 0 Å². The van der Waals surface area contributed by atoms with Gasteiger partial charge in [0.1, 0.15) is 25.5 Å². The van der Waals surface area contributed by atoms with Crippen LogP contribution >= 0.6 is 0 Å². The topological polar surface area (TPSA) is 213 Å². The van der Waals surface area contributed by atoms with E-state index in [0.29, 0.717) is 18.5 Å². The Kier molecular flexibility index (Phi) is 18.8. The van der Waals surface area contributed by atoms with Crippen molar-refractivity contribution in [2.24, 2.45) is 15.9 Å². The molecule has 0 amide bonds. The Morgan fingerprint density at radius 3 is 1.79 bits per heavy atom. The van der Waals surface area contributed by atoms with Gasteiger partial charge >= 0.3 is 11.9 Å². The molecule has 0 bridgehead atoms. The Hall–Kier alpha value is -4.77. The fourth-order valence-electron chi connectivity index (χ4n) is 4.34. The molecule has 0 aliphatic rings. The molecule has 4 N–H and O–H groups in total. The number of rotatable bonds is 15. The monoisotopic (exact) mass is 666 g/mol. The first kappa shape index (κ1) is 41.3. The summed E-state index contributed by atoms with van der Waals surface area (Å²) in [6, 6.07) is 18.3. The number of terminal acetylenes is 1. The summed E-state index contributed by atoms with van der Waals surface area (Å²) in [6.07, 6.45) is 6.98. The molecule has 1 heterocycles. The van der Waals surface area contributed by atoms with Crippen molar-refractivity contribution < 1.29 is 39.5 Å². The maximum Gasteiger partial charge on any atom is 0.311 e. The molecule has 0 fully saturated rings. The normalized spacial score (nSPS) is 12.0. The van der Waals surface area contributed by atoms with Gasteiger partial charge in [0.25, 0.3) is 0 Å². The van der Waals surface area contributed by atoms with Crippen LogP contribution in [0.15, 0.2) is 72.0 Å². The van der Waals surface area contributed by atoms with Crippen LogP contribution in [0.1, 0.15) is 69.4 Å². The predicted octanol–water partition coefficient (Wildman–Crippen LogP) is 3.91. The predicted molar refractivity (Wildman–Crippen MR) is 178 cm³/mol. The van der Waals surface area contributed by atoms with Gasteiger partial charge < -0.3 is 29.9 Å². The van der Waals surface area contributed by atoms with Gasteiger partial charge in [-0.15, -0.1) is 11.5 Å². The van der Waals surface area contributed by atoms with Crippen molar-refractivity contribution in [3.8, 4) is 12.3 Å². The lowest BCUT2D eigenvalue weighted by atomic mass is 9.83. The molecular weight excluding hydrogens is 620 g/mol. The smallest absolute Gasteiger partial charge is 0.311 e. The number of carbonyl (C=O) groups excluding carboxylic acids is 2. The van der Waals surface area contributed by atoms with Crippen LogP contribution in [-0.4, -0.2) is 80.4 Å². The van der Waals surface area contributed by atoms with Gasteiger partial charge in [0, 0.05) is 4.91 Å². The molecule has 3 rings (SSSR count). The van der Waals surface area contributed by atoms with Crippen LogP contribution in [0.4, 0.5) is 0 Å². The number of azide groups is 1. The molecule has 0 saturated carbocycles. The van der Waals surface area contributed by atoms with E-state index in [0.717, 1.165) is 11.1 Å². The van der Waals surface area contributed by atoms with Crippen LogP contribution in [0.25, 0.3) is 10.4 Å². The van der Waals surface area contributed by atoms with Gasteiger partial charge in [0.15, 0.2) is 0 Å². The number of ether oxygens (including phenoxy) is 2. The summed E-state index contributed by atoms with van der Waals surface area (Å²) in [4.78, 5) is 27.0. The second kappa shape index (κ2) is 21.9. The minimum atomic E-state index is -0.802. The zero-order chi connectivity index (χ0) is 36.0. The molecule has 3 aromatic rings. The van der Waals surface area contributed by atoms with Gasteiger partial charge in [0.2, 0.25) is 0 Å². The number of aliphatic hydroxyl groups excluding tert-OH is 4. The number of aliphatic hydroxyl groups is 4. The number of aromatic nitrogens is 3. The minimum absolute atomic E-state index is 0.0176. The number of nitrogens with zero attached hydrogens (tertiary/aromatic N) is 6. The maximum atomic E-state index is 12.3. The molecule has 1 aromatic heterocycles. The summed E-state index contributed by atoms with van der Waals surface area (Å²) in [5.74, 6) is 1.19. The van der Waals surface area contributed by atoms with Crippen LogP contribution in [0.5, 0.6) is 0 Å². The molecule has 14 heteroatoms. The van der Waals surface area contributed by atoms with E-state index in [1.54, 1.807) is 38.6 Å². The van der Waals surface area contributed by atoms with Gasteiger partial charge in [0.05, 0.1) is 48.9 Å². The first-order chi connectivity index (χ1) is 22.9. The van der Waals surface area contributed by atoms with E-state index >= 15 is 0 Å². The molecule has 2 unspecified atom stereocenters. The summed E-state index contributed by atoms with van der Waals surface area (Å²) in [5, 5.41) is 46.1. The SMILES string of the molecule is C#CCO.CC(C)(CC(N=[N+]=[N-])c1ccccc1)C(=O)OCCO.CC(C)(CC(c1ccccc1)n1cc(CO)nn1)C(=O)OCCO. The van der Waals surface area contributed by atoms with E-state index in [9.17, 15) is 14.7 Å². The van der Waals surface area contributed by atoms with Crippen LogP contribution in [0.2, 0.25) is 0 Å².